The zero-order valence-electron chi connectivity index (χ0n) is 12.4. The summed E-state index contributed by atoms with van der Waals surface area (Å²) < 4.78 is 5.59. The van der Waals surface area contributed by atoms with Gasteiger partial charge < -0.3 is 15.4 Å². The Bertz CT molecular complexity index is 470. The Kier molecular flexibility index (Phi) is 4.95. The second kappa shape index (κ2) is 6.70. The number of hydrogen-bond acceptors (Lipinski definition) is 4. The van der Waals surface area contributed by atoms with Crippen molar-refractivity contribution in [2.45, 2.75) is 52.2 Å². The van der Waals surface area contributed by atoms with Gasteiger partial charge in [-0.3, -0.25) is 9.78 Å². The molecule has 0 radical (unpaired) electrons. The molecule has 0 atom stereocenters. The van der Waals surface area contributed by atoms with Crippen LogP contribution in [0.2, 0.25) is 0 Å². The maximum atomic E-state index is 11.6. The lowest BCUT2D eigenvalue weighted by Gasteiger charge is -2.13. The van der Waals surface area contributed by atoms with E-state index in [1.54, 1.807) is 0 Å². The van der Waals surface area contributed by atoms with Crippen molar-refractivity contribution in [2.75, 3.05) is 6.61 Å². The molecule has 5 nitrogen and oxygen atoms in total. The number of nitrogens with zero attached hydrogens (tertiary/aromatic N) is 1. The van der Waals surface area contributed by atoms with E-state index in [4.69, 9.17) is 4.74 Å². The van der Waals surface area contributed by atoms with Crippen molar-refractivity contribution in [3.63, 3.8) is 0 Å². The Labute approximate surface area is 120 Å². The van der Waals surface area contributed by atoms with E-state index in [9.17, 15) is 4.79 Å². The van der Waals surface area contributed by atoms with Crippen molar-refractivity contribution in [1.82, 2.24) is 15.6 Å². The Morgan fingerprint density at radius 2 is 2.20 bits per heavy atom. The van der Waals surface area contributed by atoms with Gasteiger partial charge in [-0.25, -0.2) is 0 Å². The van der Waals surface area contributed by atoms with Crippen LogP contribution in [0.15, 0.2) is 12.1 Å². The summed E-state index contributed by atoms with van der Waals surface area (Å²) in [6.45, 7) is 6.52. The monoisotopic (exact) mass is 277 g/mol. The third-order valence-corrected chi connectivity index (χ3v) is 3.02. The van der Waals surface area contributed by atoms with Gasteiger partial charge in [0.05, 0.1) is 5.69 Å². The molecule has 1 aliphatic carbocycles. The van der Waals surface area contributed by atoms with Crippen LogP contribution in [-0.4, -0.2) is 29.6 Å². The summed E-state index contributed by atoms with van der Waals surface area (Å²) in [5.74, 6) is 0.573. The number of carbonyl (C=O) groups is 1. The van der Waals surface area contributed by atoms with Gasteiger partial charge in [-0.15, -0.1) is 0 Å². The lowest BCUT2D eigenvalue weighted by atomic mass is 10.2. The van der Waals surface area contributed by atoms with Crippen LogP contribution in [0, 0.1) is 6.92 Å². The number of ether oxygens (including phenoxy) is 1. The van der Waals surface area contributed by atoms with Gasteiger partial charge in [0.2, 0.25) is 0 Å². The van der Waals surface area contributed by atoms with Gasteiger partial charge in [-0.2, -0.15) is 0 Å². The zero-order valence-corrected chi connectivity index (χ0v) is 12.4. The molecule has 2 N–H and O–H groups in total. The van der Waals surface area contributed by atoms with Crippen LogP contribution in [0.25, 0.3) is 0 Å². The Morgan fingerprint density at radius 3 is 2.85 bits per heavy atom. The first-order chi connectivity index (χ1) is 9.54. The van der Waals surface area contributed by atoms with E-state index in [0.29, 0.717) is 18.3 Å². The lowest BCUT2D eigenvalue weighted by molar-refractivity contribution is -0.123. The molecular weight excluding hydrogens is 254 g/mol. The zero-order chi connectivity index (χ0) is 14.5. The number of aryl methyl sites for hydroxylation is 1. The summed E-state index contributed by atoms with van der Waals surface area (Å²) in [5.41, 5.74) is 1.82. The highest BCUT2D eigenvalue weighted by molar-refractivity contribution is 5.77. The minimum atomic E-state index is -0.110. The normalized spacial score (nSPS) is 14.4. The number of hydrogen-bond donors (Lipinski definition) is 2. The molecule has 1 fully saturated rings. The fourth-order valence-corrected chi connectivity index (χ4v) is 1.89. The molecule has 110 valence electrons. The van der Waals surface area contributed by atoms with Gasteiger partial charge in [0.1, 0.15) is 5.75 Å². The first-order valence-corrected chi connectivity index (χ1v) is 7.16. The quantitative estimate of drug-likeness (QED) is 0.793. The van der Waals surface area contributed by atoms with Gasteiger partial charge in [-0.1, -0.05) is 0 Å². The summed E-state index contributed by atoms with van der Waals surface area (Å²) in [6, 6.07) is 4.53. The average Bonchev–Trinajstić information content (AvgIpc) is 3.18. The maximum Gasteiger partial charge on any atom is 0.258 e. The predicted molar refractivity (Wildman–Crippen MR) is 77.6 cm³/mol. The minimum Gasteiger partial charge on any atom is -0.482 e. The first kappa shape index (κ1) is 14.8. The van der Waals surface area contributed by atoms with E-state index in [-0.39, 0.29) is 18.6 Å². The summed E-state index contributed by atoms with van der Waals surface area (Å²) in [6.07, 6.45) is 2.47. The van der Waals surface area contributed by atoms with Gasteiger partial charge in [0.25, 0.3) is 5.91 Å². The molecular formula is C15H23N3O2. The molecule has 0 aliphatic heterocycles. The summed E-state index contributed by atoms with van der Waals surface area (Å²) in [5, 5.41) is 6.22. The lowest BCUT2D eigenvalue weighted by Crippen LogP contribution is -2.34. The second-order valence-corrected chi connectivity index (χ2v) is 5.56. The smallest absolute Gasteiger partial charge is 0.258 e. The molecule has 0 aromatic carbocycles. The van der Waals surface area contributed by atoms with Gasteiger partial charge in [0, 0.05) is 24.3 Å². The predicted octanol–water partition coefficient (Wildman–Crippen LogP) is 1.55. The fraction of sp³-hybridized carbons (Fsp3) is 0.600. The highest BCUT2D eigenvalue weighted by Crippen LogP contribution is 2.22. The number of amides is 1. The summed E-state index contributed by atoms with van der Waals surface area (Å²) >= 11 is 0. The molecule has 1 heterocycles. The molecule has 0 saturated heterocycles. The van der Waals surface area contributed by atoms with Crippen molar-refractivity contribution < 1.29 is 9.53 Å². The minimum absolute atomic E-state index is 0.0271. The summed E-state index contributed by atoms with van der Waals surface area (Å²) in [4.78, 5) is 16.1. The van der Waals surface area contributed by atoms with E-state index >= 15 is 0 Å². The Balaban J connectivity index is 1.92. The van der Waals surface area contributed by atoms with Crippen LogP contribution in [0.3, 0.4) is 0 Å². The number of nitrogens with one attached hydrogen (secondary N) is 2. The third-order valence-electron chi connectivity index (χ3n) is 3.02. The molecule has 1 amide bonds. The van der Waals surface area contributed by atoms with Crippen LogP contribution >= 0.6 is 0 Å². The number of rotatable bonds is 7. The number of carbonyl (C=O) groups excluding carboxylic acids is 1. The van der Waals surface area contributed by atoms with Crippen molar-refractivity contribution >= 4 is 5.91 Å². The van der Waals surface area contributed by atoms with E-state index in [1.807, 2.05) is 32.9 Å². The van der Waals surface area contributed by atoms with Crippen LogP contribution in [-0.2, 0) is 11.3 Å². The van der Waals surface area contributed by atoms with Crippen LogP contribution in [0.5, 0.6) is 5.75 Å². The van der Waals surface area contributed by atoms with Gasteiger partial charge >= 0.3 is 0 Å². The molecule has 1 saturated carbocycles. The summed E-state index contributed by atoms with van der Waals surface area (Å²) in [7, 11) is 0. The Morgan fingerprint density at radius 1 is 1.45 bits per heavy atom. The number of pyridine rings is 1. The number of aromatic nitrogens is 1. The average molecular weight is 277 g/mol. The molecule has 0 unspecified atom stereocenters. The van der Waals surface area contributed by atoms with Crippen molar-refractivity contribution in [3.05, 3.63) is 23.5 Å². The van der Waals surface area contributed by atoms with Crippen molar-refractivity contribution in [1.29, 1.82) is 0 Å². The van der Waals surface area contributed by atoms with E-state index in [0.717, 1.165) is 11.4 Å². The largest absolute Gasteiger partial charge is 0.482 e. The molecule has 2 rings (SSSR count). The molecule has 0 spiro atoms. The van der Waals surface area contributed by atoms with E-state index < -0.39 is 0 Å². The molecule has 5 heteroatoms. The molecule has 1 aromatic heterocycles. The Hall–Kier alpha value is -1.62. The van der Waals surface area contributed by atoms with E-state index in [1.165, 1.54) is 12.8 Å². The highest BCUT2D eigenvalue weighted by atomic mass is 16.5. The molecule has 20 heavy (non-hydrogen) atoms. The topological polar surface area (TPSA) is 63.2 Å². The van der Waals surface area contributed by atoms with Crippen molar-refractivity contribution in [2.24, 2.45) is 0 Å². The van der Waals surface area contributed by atoms with Crippen LogP contribution in [0.4, 0.5) is 0 Å². The maximum absolute atomic E-state index is 11.6. The van der Waals surface area contributed by atoms with Gasteiger partial charge in [0.15, 0.2) is 6.61 Å². The SMILES string of the molecule is Cc1ccc(OCC(=O)NC(C)C)c(CNC2CC2)n1. The molecule has 0 bridgehead atoms. The molecule has 1 aliphatic rings. The fourth-order valence-electron chi connectivity index (χ4n) is 1.89. The first-order valence-electron chi connectivity index (χ1n) is 7.16. The van der Waals surface area contributed by atoms with Gasteiger partial charge in [-0.05, 0) is 45.7 Å². The highest BCUT2D eigenvalue weighted by Gasteiger charge is 2.21. The van der Waals surface area contributed by atoms with E-state index in [2.05, 4.69) is 15.6 Å². The van der Waals surface area contributed by atoms with Crippen molar-refractivity contribution in [3.8, 4) is 5.75 Å². The standard InChI is InChI=1S/C15H23N3O2/c1-10(2)17-15(19)9-20-14-7-4-11(3)18-13(14)8-16-12-5-6-12/h4,7,10,12,16H,5-6,8-9H2,1-3H3,(H,17,19). The second-order valence-electron chi connectivity index (χ2n) is 5.56. The third kappa shape index (κ3) is 4.81. The molecule has 1 aromatic rings. The van der Waals surface area contributed by atoms with Crippen LogP contribution < -0.4 is 15.4 Å². The van der Waals surface area contributed by atoms with Crippen LogP contribution in [0.1, 0.15) is 38.1 Å².